The third-order valence-corrected chi connectivity index (χ3v) is 6.49. The molecule has 3 aromatic carbocycles. The highest BCUT2D eigenvalue weighted by atomic mass is 35.5. The fourth-order valence-corrected chi connectivity index (χ4v) is 4.59. The molecule has 1 aliphatic rings. The molecule has 0 fully saturated rings. The van der Waals surface area contributed by atoms with Crippen LogP contribution >= 0.6 is 11.6 Å². The van der Waals surface area contributed by atoms with Gasteiger partial charge in [-0.2, -0.15) is 0 Å². The van der Waals surface area contributed by atoms with E-state index in [1.54, 1.807) is 17.0 Å². The van der Waals surface area contributed by atoms with Crippen molar-refractivity contribution in [1.82, 2.24) is 4.90 Å². The normalized spacial score (nSPS) is 15.4. The summed E-state index contributed by atoms with van der Waals surface area (Å²) >= 11 is 6.41. The molecule has 5 rings (SSSR count). The van der Waals surface area contributed by atoms with E-state index < -0.39 is 6.04 Å². The minimum Gasteiger partial charge on any atom is -0.450 e. The Bertz CT molecular complexity index is 1410. The van der Waals surface area contributed by atoms with Gasteiger partial charge >= 0.3 is 0 Å². The van der Waals surface area contributed by atoms with Crippen molar-refractivity contribution in [2.45, 2.75) is 32.9 Å². The molecule has 0 saturated carbocycles. The second-order valence-electron chi connectivity index (χ2n) is 8.20. The molecule has 32 heavy (non-hydrogen) atoms. The van der Waals surface area contributed by atoms with E-state index in [9.17, 15) is 9.59 Å². The Balaban J connectivity index is 1.73. The minimum atomic E-state index is -0.541. The molecule has 1 aliphatic heterocycles. The van der Waals surface area contributed by atoms with Gasteiger partial charge < -0.3 is 9.32 Å². The van der Waals surface area contributed by atoms with E-state index in [2.05, 4.69) is 6.92 Å². The maximum absolute atomic E-state index is 13.6. The summed E-state index contributed by atoms with van der Waals surface area (Å²) in [6.07, 6.45) is 0.913. The SMILES string of the molecule is CCc1ccc([C@@H]2c3c(oc4ccc(C)cc4c3=O)C(=O)N2Cc2ccccc2Cl)cc1. The third-order valence-electron chi connectivity index (χ3n) is 6.12. The predicted octanol–water partition coefficient (Wildman–Crippen LogP) is 6.06. The molecule has 0 bridgehead atoms. The second kappa shape index (κ2) is 7.95. The number of aryl methyl sites for hydroxylation is 2. The van der Waals surface area contributed by atoms with Crippen LogP contribution in [-0.4, -0.2) is 10.8 Å². The molecule has 2 heterocycles. The van der Waals surface area contributed by atoms with Crippen molar-refractivity contribution < 1.29 is 9.21 Å². The van der Waals surface area contributed by atoms with Gasteiger partial charge in [0.25, 0.3) is 5.91 Å². The molecule has 4 aromatic rings. The number of hydrogen-bond acceptors (Lipinski definition) is 3. The first kappa shape index (κ1) is 20.5. The highest BCUT2D eigenvalue weighted by Gasteiger charge is 2.42. The molecule has 1 atom stereocenters. The quantitative estimate of drug-likeness (QED) is 0.385. The van der Waals surface area contributed by atoms with Crippen LogP contribution in [0.5, 0.6) is 0 Å². The molecule has 0 saturated heterocycles. The summed E-state index contributed by atoms with van der Waals surface area (Å²) < 4.78 is 6.02. The fraction of sp³-hybridized carbons (Fsp3) is 0.185. The lowest BCUT2D eigenvalue weighted by atomic mass is 9.96. The average molecular weight is 444 g/mol. The maximum Gasteiger partial charge on any atom is 0.291 e. The number of hydrogen-bond donors (Lipinski definition) is 0. The van der Waals surface area contributed by atoms with Crippen LogP contribution in [0.3, 0.4) is 0 Å². The molecule has 4 nitrogen and oxygen atoms in total. The first-order valence-corrected chi connectivity index (χ1v) is 11.1. The summed E-state index contributed by atoms with van der Waals surface area (Å²) in [4.78, 5) is 28.8. The number of fused-ring (bicyclic) bond motifs is 2. The lowest BCUT2D eigenvalue weighted by Crippen LogP contribution is -2.29. The molecule has 0 aliphatic carbocycles. The Morgan fingerprint density at radius 2 is 1.75 bits per heavy atom. The fourth-order valence-electron chi connectivity index (χ4n) is 4.39. The third kappa shape index (κ3) is 3.32. The minimum absolute atomic E-state index is 0.114. The first-order valence-electron chi connectivity index (χ1n) is 10.7. The Kier molecular flexibility index (Phi) is 5.10. The van der Waals surface area contributed by atoms with Gasteiger partial charge in [-0.15, -0.1) is 0 Å². The molecule has 1 aromatic heterocycles. The lowest BCUT2D eigenvalue weighted by Gasteiger charge is -2.25. The lowest BCUT2D eigenvalue weighted by molar-refractivity contribution is 0.0714. The first-order chi connectivity index (χ1) is 15.5. The predicted molar refractivity (Wildman–Crippen MR) is 126 cm³/mol. The van der Waals surface area contributed by atoms with Gasteiger partial charge in [-0.25, -0.2) is 0 Å². The van der Waals surface area contributed by atoms with E-state index in [1.807, 2.05) is 61.5 Å². The van der Waals surface area contributed by atoms with Crippen LogP contribution in [0.25, 0.3) is 11.0 Å². The number of benzene rings is 3. The van der Waals surface area contributed by atoms with Gasteiger partial charge in [0.05, 0.1) is 17.0 Å². The number of rotatable bonds is 4. The van der Waals surface area contributed by atoms with E-state index in [4.69, 9.17) is 16.0 Å². The topological polar surface area (TPSA) is 50.5 Å². The highest BCUT2D eigenvalue weighted by Crippen LogP contribution is 2.39. The summed E-state index contributed by atoms with van der Waals surface area (Å²) in [5.74, 6) is -0.188. The van der Waals surface area contributed by atoms with Gasteiger partial charge in [0.2, 0.25) is 5.76 Å². The van der Waals surface area contributed by atoms with Crippen LogP contribution in [0.1, 0.15) is 51.3 Å². The number of nitrogens with zero attached hydrogens (tertiary/aromatic N) is 1. The van der Waals surface area contributed by atoms with Crippen molar-refractivity contribution in [1.29, 1.82) is 0 Å². The number of amides is 1. The second-order valence-corrected chi connectivity index (χ2v) is 8.60. The zero-order valence-electron chi connectivity index (χ0n) is 17.9. The molecular weight excluding hydrogens is 422 g/mol. The van der Waals surface area contributed by atoms with Gasteiger partial charge in [-0.1, -0.05) is 72.6 Å². The van der Waals surface area contributed by atoms with Gasteiger partial charge in [0.1, 0.15) is 5.58 Å². The Hall–Kier alpha value is -3.37. The Morgan fingerprint density at radius 1 is 1.00 bits per heavy atom. The molecule has 0 unspecified atom stereocenters. The smallest absolute Gasteiger partial charge is 0.291 e. The summed E-state index contributed by atoms with van der Waals surface area (Å²) in [5.41, 5.74) is 4.50. The molecule has 5 heteroatoms. The zero-order valence-corrected chi connectivity index (χ0v) is 18.6. The number of carbonyl (C=O) groups is 1. The summed E-state index contributed by atoms with van der Waals surface area (Å²) in [6.45, 7) is 4.30. The van der Waals surface area contributed by atoms with E-state index in [0.717, 1.165) is 23.1 Å². The van der Waals surface area contributed by atoms with Crippen molar-refractivity contribution in [2.75, 3.05) is 0 Å². The monoisotopic (exact) mass is 443 g/mol. The van der Waals surface area contributed by atoms with Crippen molar-refractivity contribution >= 4 is 28.5 Å². The van der Waals surface area contributed by atoms with Crippen molar-refractivity contribution in [3.05, 3.63) is 116 Å². The van der Waals surface area contributed by atoms with Crippen LogP contribution in [0.4, 0.5) is 0 Å². The van der Waals surface area contributed by atoms with Crippen molar-refractivity contribution in [3.63, 3.8) is 0 Å². The maximum atomic E-state index is 13.6. The van der Waals surface area contributed by atoms with Crippen molar-refractivity contribution in [2.24, 2.45) is 0 Å². The van der Waals surface area contributed by atoms with E-state index >= 15 is 0 Å². The van der Waals surface area contributed by atoms with Crippen LogP contribution in [0, 0.1) is 6.92 Å². The van der Waals surface area contributed by atoms with E-state index in [0.29, 0.717) is 21.6 Å². The Morgan fingerprint density at radius 3 is 2.47 bits per heavy atom. The van der Waals surface area contributed by atoms with Crippen LogP contribution in [0.2, 0.25) is 5.02 Å². The van der Waals surface area contributed by atoms with Crippen LogP contribution < -0.4 is 5.43 Å². The zero-order chi connectivity index (χ0) is 22.4. The number of carbonyl (C=O) groups excluding carboxylic acids is 1. The van der Waals surface area contributed by atoms with Crippen LogP contribution in [0.15, 0.2) is 75.9 Å². The molecule has 0 N–H and O–H groups in total. The van der Waals surface area contributed by atoms with Gasteiger partial charge in [0, 0.05) is 11.6 Å². The van der Waals surface area contributed by atoms with Gasteiger partial charge in [0.15, 0.2) is 5.43 Å². The highest BCUT2D eigenvalue weighted by molar-refractivity contribution is 6.31. The molecule has 1 amide bonds. The molecule has 0 radical (unpaired) electrons. The Labute approximate surface area is 191 Å². The summed E-state index contributed by atoms with van der Waals surface area (Å²) in [5, 5.41) is 1.07. The summed E-state index contributed by atoms with van der Waals surface area (Å²) in [7, 11) is 0. The van der Waals surface area contributed by atoms with Crippen molar-refractivity contribution in [3.8, 4) is 0 Å². The largest absolute Gasteiger partial charge is 0.450 e. The van der Waals surface area contributed by atoms with E-state index in [1.165, 1.54) is 5.56 Å². The van der Waals surface area contributed by atoms with E-state index in [-0.39, 0.29) is 23.6 Å². The summed E-state index contributed by atoms with van der Waals surface area (Å²) in [6, 6.07) is 20.4. The standard InChI is InChI=1S/C27H22ClNO3/c1-3-17-9-11-18(12-10-17)24-23-25(30)20-14-16(2)8-13-22(20)32-26(23)27(31)29(24)15-19-6-4-5-7-21(19)28/h4-14,24H,3,15H2,1-2H3/t24-/m1/s1. The van der Waals surface area contributed by atoms with Gasteiger partial charge in [-0.3, -0.25) is 9.59 Å². The molecular formula is C27H22ClNO3. The van der Waals surface area contributed by atoms with Gasteiger partial charge in [-0.05, 0) is 48.2 Å². The number of halogens is 1. The van der Waals surface area contributed by atoms with Crippen LogP contribution in [-0.2, 0) is 13.0 Å². The molecule has 0 spiro atoms. The average Bonchev–Trinajstić information content (AvgIpc) is 3.08. The molecule has 160 valence electrons.